The lowest BCUT2D eigenvalue weighted by Gasteiger charge is -2.26. The van der Waals surface area contributed by atoms with E-state index >= 15 is 0 Å². The molecule has 0 fully saturated rings. The molecule has 5 rings (SSSR count). The summed E-state index contributed by atoms with van der Waals surface area (Å²) in [6, 6.07) is 25.9. The van der Waals surface area contributed by atoms with E-state index in [0.717, 1.165) is 22.3 Å². The van der Waals surface area contributed by atoms with Crippen LogP contribution in [-0.4, -0.2) is 12.0 Å². The minimum atomic E-state index is 1.08. The van der Waals surface area contributed by atoms with Gasteiger partial charge in [0.15, 0.2) is 0 Å². The molecular formula is C30H26N2. The molecule has 0 N–H and O–H groups in total. The lowest BCUT2D eigenvalue weighted by atomic mass is 9.89. The fourth-order valence-corrected chi connectivity index (χ4v) is 4.75. The molecule has 0 unspecified atom stereocenters. The maximum absolute atomic E-state index is 4.52. The van der Waals surface area contributed by atoms with Crippen molar-refractivity contribution < 1.29 is 0 Å². The Labute approximate surface area is 189 Å². The third-order valence-electron chi connectivity index (χ3n) is 6.39. The molecule has 0 aliphatic heterocycles. The Kier molecular flexibility index (Phi) is 4.99. The van der Waals surface area contributed by atoms with Crippen LogP contribution in [0.4, 0.5) is 11.4 Å². The van der Waals surface area contributed by atoms with Crippen molar-refractivity contribution in [1.29, 1.82) is 0 Å². The van der Waals surface area contributed by atoms with Gasteiger partial charge in [-0.3, -0.25) is 4.98 Å². The second-order valence-corrected chi connectivity index (χ2v) is 8.31. The number of nitrogens with zero attached hydrogens (tertiary/aromatic N) is 2. The Morgan fingerprint density at radius 2 is 1.50 bits per heavy atom. The highest BCUT2D eigenvalue weighted by Crippen LogP contribution is 2.42. The summed E-state index contributed by atoms with van der Waals surface area (Å²) in [5, 5.41) is 4.78. The van der Waals surface area contributed by atoms with Crippen molar-refractivity contribution in [2.75, 3.05) is 11.9 Å². The highest BCUT2D eigenvalue weighted by Gasteiger charge is 2.18. The van der Waals surface area contributed by atoms with Crippen LogP contribution in [0.2, 0.25) is 0 Å². The van der Waals surface area contributed by atoms with Crippen molar-refractivity contribution in [2.24, 2.45) is 0 Å². The number of fused-ring (bicyclic) bond motifs is 2. The Bertz CT molecular complexity index is 1470. The van der Waals surface area contributed by atoms with Crippen LogP contribution in [0.1, 0.15) is 16.7 Å². The molecule has 1 heterocycles. The molecule has 5 aromatic rings. The Balaban J connectivity index is 1.82. The van der Waals surface area contributed by atoms with Crippen molar-refractivity contribution in [3.05, 3.63) is 108 Å². The van der Waals surface area contributed by atoms with Crippen LogP contribution >= 0.6 is 0 Å². The standard InChI is InChI=1S/C30H26N2/c1-5-22-15-17-26-27(16-14-21(3)29(26)24-12-8-6-10-20(24)2)30(22)32(4)28-19-31-18-23-11-7-9-13-25(23)28/h5-19H,1H2,2-4H3. The van der Waals surface area contributed by atoms with E-state index < -0.39 is 0 Å². The van der Waals surface area contributed by atoms with Gasteiger partial charge in [0.2, 0.25) is 0 Å². The molecule has 0 saturated heterocycles. The molecule has 0 amide bonds. The highest BCUT2D eigenvalue weighted by atomic mass is 15.1. The zero-order valence-corrected chi connectivity index (χ0v) is 18.8. The predicted molar refractivity (Wildman–Crippen MR) is 139 cm³/mol. The predicted octanol–water partition coefficient (Wildman–Crippen LogP) is 8.08. The number of hydrogen-bond donors (Lipinski definition) is 0. The number of anilines is 2. The quantitative estimate of drug-likeness (QED) is 0.295. The zero-order valence-electron chi connectivity index (χ0n) is 18.8. The molecule has 0 atom stereocenters. The van der Waals surface area contributed by atoms with Crippen LogP contribution in [0.3, 0.4) is 0 Å². The van der Waals surface area contributed by atoms with Gasteiger partial charge in [-0.1, -0.05) is 85.5 Å². The van der Waals surface area contributed by atoms with E-state index in [-0.39, 0.29) is 0 Å². The number of pyridine rings is 1. The summed E-state index contributed by atoms with van der Waals surface area (Å²) in [6.07, 6.45) is 5.81. The minimum absolute atomic E-state index is 1.08. The van der Waals surface area contributed by atoms with E-state index in [4.69, 9.17) is 0 Å². The Morgan fingerprint density at radius 1 is 0.750 bits per heavy atom. The maximum atomic E-state index is 4.52. The smallest absolute Gasteiger partial charge is 0.0674 e. The van der Waals surface area contributed by atoms with Gasteiger partial charge in [0.05, 0.1) is 17.6 Å². The average molecular weight is 415 g/mol. The molecule has 4 aromatic carbocycles. The molecule has 156 valence electrons. The first kappa shape index (κ1) is 20.0. The van der Waals surface area contributed by atoms with Crippen molar-refractivity contribution >= 4 is 39.0 Å². The van der Waals surface area contributed by atoms with Crippen molar-refractivity contribution in [1.82, 2.24) is 4.98 Å². The largest absolute Gasteiger partial charge is 0.342 e. The lowest BCUT2D eigenvalue weighted by Crippen LogP contribution is -2.12. The summed E-state index contributed by atoms with van der Waals surface area (Å²) in [4.78, 5) is 6.77. The van der Waals surface area contributed by atoms with Crippen molar-refractivity contribution in [3.8, 4) is 11.1 Å². The van der Waals surface area contributed by atoms with Crippen LogP contribution in [0.15, 0.2) is 91.8 Å². The van der Waals surface area contributed by atoms with E-state index in [9.17, 15) is 0 Å². The second kappa shape index (κ2) is 7.97. The second-order valence-electron chi connectivity index (χ2n) is 8.31. The SMILES string of the molecule is C=Cc1ccc2c(-c3ccccc3C)c(C)ccc2c1N(C)c1cncc2ccccc12. The fourth-order valence-electron chi connectivity index (χ4n) is 4.75. The molecule has 0 aliphatic rings. The Morgan fingerprint density at radius 3 is 2.31 bits per heavy atom. The van der Waals surface area contributed by atoms with Gasteiger partial charge in [0.25, 0.3) is 0 Å². The molecule has 0 bridgehead atoms. The minimum Gasteiger partial charge on any atom is -0.342 e. The monoisotopic (exact) mass is 414 g/mol. The summed E-state index contributed by atoms with van der Waals surface area (Å²) in [7, 11) is 2.12. The average Bonchev–Trinajstić information content (AvgIpc) is 2.83. The highest BCUT2D eigenvalue weighted by molar-refractivity contribution is 6.09. The summed E-state index contributed by atoms with van der Waals surface area (Å²) >= 11 is 0. The maximum Gasteiger partial charge on any atom is 0.0674 e. The molecular weight excluding hydrogens is 388 g/mol. The van der Waals surface area contributed by atoms with Crippen molar-refractivity contribution in [2.45, 2.75) is 13.8 Å². The van der Waals surface area contributed by atoms with E-state index in [0.29, 0.717) is 0 Å². The topological polar surface area (TPSA) is 16.1 Å². The Hall–Kier alpha value is -3.91. The zero-order chi connectivity index (χ0) is 22.2. The van der Waals surface area contributed by atoms with Crippen LogP contribution in [0, 0.1) is 13.8 Å². The molecule has 1 aromatic heterocycles. The fraction of sp³-hybridized carbons (Fsp3) is 0.100. The first-order valence-corrected chi connectivity index (χ1v) is 10.9. The lowest BCUT2D eigenvalue weighted by molar-refractivity contribution is 1.20. The number of benzene rings is 4. The molecule has 0 aliphatic carbocycles. The molecule has 0 saturated carbocycles. The van der Waals surface area contributed by atoms with Gasteiger partial charge < -0.3 is 4.90 Å². The van der Waals surface area contributed by atoms with Gasteiger partial charge in [-0.15, -0.1) is 0 Å². The van der Waals surface area contributed by atoms with Crippen molar-refractivity contribution in [3.63, 3.8) is 0 Å². The molecule has 32 heavy (non-hydrogen) atoms. The van der Waals surface area contributed by atoms with E-state index in [1.807, 2.05) is 18.5 Å². The van der Waals surface area contributed by atoms with Crippen LogP contribution in [0.25, 0.3) is 38.7 Å². The molecule has 2 nitrogen and oxygen atoms in total. The summed E-state index contributed by atoms with van der Waals surface area (Å²) in [5.74, 6) is 0. The van der Waals surface area contributed by atoms with Gasteiger partial charge in [0, 0.05) is 29.4 Å². The third kappa shape index (κ3) is 3.16. The van der Waals surface area contributed by atoms with Gasteiger partial charge in [0.1, 0.15) is 0 Å². The number of rotatable bonds is 4. The van der Waals surface area contributed by atoms with E-state index in [2.05, 4.69) is 110 Å². The van der Waals surface area contributed by atoms with Gasteiger partial charge in [-0.25, -0.2) is 0 Å². The first-order chi connectivity index (χ1) is 15.6. The van der Waals surface area contributed by atoms with E-state index in [1.165, 1.54) is 38.4 Å². The number of aryl methyl sites for hydroxylation is 2. The summed E-state index contributed by atoms with van der Waals surface area (Å²) in [6.45, 7) is 8.48. The van der Waals surface area contributed by atoms with Crippen LogP contribution in [-0.2, 0) is 0 Å². The van der Waals surface area contributed by atoms with E-state index in [1.54, 1.807) is 0 Å². The van der Waals surface area contributed by atoms with Gasteiger partial charge >= 0.3 is 0 Å². The molecule has 0 radical (unpaired) electrons. The van der Waals surface area contributed by atoms with Gasteiger partial charge in [-0.2, -0.15) is 0 Å². The number of hydrogen-bond acceptors (Lipinski definition) is 2. The molecule has 2 heteroatoms. The summed E-state index contributed by atoms with van der Waals surface area (Å²) < 4.78 is 0. The van der Waals surface area contributed by atoms with Gasteiger partial charge in [-0.05, 0) is 47.1 Å². The number of aromatic nitrogens is 1. The molecule has 0 spiro atoms. The normalized spacial score (nSPS) is 11.1. The van der Waals surface area contributed by atoms with Crippen LogP contribution < -0.4 is 4.90 Å². The summed E-state index contributed by atoms with van der Waals surface area (Å²) in [5.41, 5.74) is 8.46. The third-order valence-corrected chi connectivity index (χ3v) is 6.39. The van der Waals surface area contributed by atoms with Crippen LogP contribution in [0.5, 0.6) is 0 Å². The first-order valence-electron chi connectivity index (χ1n) is 10.9.